The minimum atomic E-state index is -0.0670. The molecule has 0 N–H and O–H groups in total. The summed E-state index contributed by atoms with van der Waals surface area (Å²) in [5, 5.41) is 0.964. The van der Waals surface area contributed by atoms with Crippen LogP contribution >= 0.6 is 11.6 Å². The van der Waals surface area contributed by atoms with Gasteiger partial charge in [-0.3, -0.25) is 9.20 Å². The summed E-state index contributed by atoms with van der Waals surface area (Å²) < 4.78 is 3.56. The summed E-state index contributed by atoms with van der Waals surface area (Å²) in [6.45, 7) is 6.47. The molecule has 3 heterocycles. The molecule has 0 aliphatic heterocycles. The van der Waals surface area contributed by atoms with Crippen LogP contribution in [0, 0.1) is 0 Å². The highest BCUT2D eigenvalue weighted by Gasteiger charge is 2.18. The van der Waals surface area contributed by atoms with E-state index < -0.39 is 0 Å². The molecule has 0 aliphatic carbocycles. The van der Waals surface area contributed by atoms with Crippen LogP contribution in [0.1, 0.15) is 26.3 Å². The molecule has 0 bridgehead atoms. The van der Waals surface area contributed by atoms with E-state index in [-0.39, 0.29) is 16.3 Å². The van der Waals surface area contributed by atoms with Crippen molar-refractivity contribution >= 4 is 39.2 Å². The second kappa shape index (κ2) is 4.80. The fourth-order valence-corrected chi connectivity index (χ4v) is 3.23. The molecule has 0 saturated heterocycles. The first-order valence-corrected chi connectivity index (χ1v) is 8.12. The number of hydrogen-bond donors (Lipinski definition) is 0. The van der Waals surface area contributed by atoms with Gasteiger partial charge in [0.1, 0.15) is 11.2 Å². The van der Waals surface area contributed by atoms with Crippen LogP contribution in [0.2, 0.25) is 5.28 Å². The number of fused-ring (bicyclic) bond motifs is 5. The molecule has 5 nitrogen and oxygen atoms in total. The summed E-state index contributed by atoms with van der Waals surface area (Å²) in [5.41, 5.74) is 4.12. The Balaban J connectivity index is 2.26. The first-order valence-electron chi connectivity index (χ1n) is 7.74. The van der Waals surface area contributed by atoms with E-state index in [1.165, 1.54) is 5.56 Å². The molecule has 0 radical (unpaired) electrons. The number of aryl methyl sites for hydroxylation is 1. The number of benzene rings is 1. The van der Waals surface area contributed by atoms with Crippen molar-refractivity contribution < 1.29 is 0 Å². The Hall–Kier alpha value is -2.40. The van der Waals surface area contributed by atoms with Crippen molar-refractivity contribution in [3.05, 3.63) is 51.7 Å². The summed E-state index contributed by atoms with van der Waals surface area (Å²) in [4.78, 5) is 21.2. The van der Waals surface area contributed by atoms with Gasteiger partial charge in [-0.2, -0.15) is 4.98 Å². The summed E-state index contributed by atoms with van der Waals surface area (Å²) in [5.74, 6) is 0. The third-order valence-electron chi connectivity index (χ3n) is 4.48. The van der Waals surface area contributed by atoms with Crippen molar-refractivity contribution in [3.8, 4) is 0 Å². The van der Waals surface area contributed by atoms with Crippen LogP contribution in [0.5, 0.6) is 0 Å². The Morgan fingerprint density at radius 3 is 2.54 bits per heavy atom. The van der Waals surface area contributed by atoms with Crippen molar-refractivity contribution in [1.29, 1.82) is 0 Å². The van der Waals surface area contributed by atoms with Crippen molar-refractivity contribution in [1.82, 2.24) is 18.9 Å². The van der Waals surface area contributed by atoms with Crippen LogP contribution in [0.15, 0.2) is 35.3 Å². The van der Waals surface area contributed by atoms with Crippen molar-refractivity contribution in [2.24, 2.45) is 7.05 Å². The Morgan fingerprint density at radius 1 is 1.08 bits per heavy atom. The minimum absolute atomic E-state index is 0.00340. The molecule has 6 heteroatoms. The van der Waals surface area contributed by atoms with E-state index in [1.807, 2.05) is 16.5 Å². The molecule has 0 aliphatic rings. The average molecular weight is 341 g/mol. The molecule has 24 heavy (non-hydrogen) atoms. The second-order valence-corrected chi connectivity index (χ2v) is 7.44. The molecule has 0 saturated carbocycles. The van der Waals surface area contributed by atoms with Crippen molar-refractivity contribution in [2.45, 2.75) is 26.2 Å². The molecule has 0 unspecified atom stereocenters. The lowest BCUT2D eigenvalue weighted by Gasteiger charge is -2.20. The fourth-order valence-electron chi connectivity index (χ4n) is 3.10. The number of rotatable bonds is 0. The topological polar surface area (TPSA) is 52.2 Å². The highest BCUT2D eigenvalue weighted by atomic mass is 35.5. The molecule has 0 spiro atoms. The maximum absolute atomic E-state index is 12.8. The van der Waals surface area contributed by atoms with Gasteiger partial charge < -0.3 is 4.57 Å². The van der Waals surface area contributed by atoms with Crippen LogP contribution in [-0.2, 0) is 12.5 Å². The summed E-state index contributed by atoms with van der Waals surface area (Å²) in [6, 6.07) is 8.02. The second-order valence-electron chi connectivity index (χ2n) is 7.10. The zero-order chi connectivity index (χ0) is 17.2. The SMILES string of the molecule is Cn1c(=O)c2cc3cnc(Cl)nc3n2c2ccc(C(C)(C)C)cc21. The normalized spacial score (nSPS) is 12.5. The molecule has 3 aromatic heterocycles. The highest BCUT2D eigenvalue weighted by molar-refractivity contribution is 6.28. The van der Waals surface area contributed by atoms with Crippen LogP contribution in [0.25, 0.3) is 27.6 Å². The molecular formula is C18H17ClN4O. The molecule has 0 atom stereocenters. The first kappa shape index (κ1) is 15.1. The Bertz CT molecular complexity index is 1180. The maximum atomic E-state index is 12.8. The van der Waals surface area contributed by atoms with Gasteiger partial charge in [-0.05, 0) is 40.8 Å². The summed E-state index contributed by atoms with van der Waals surface area (Å²) >= 11 is 5.96. The largest absolute Gasteiger partial charge is 0.308 e. The van der Waals surface area contributed by atoms with Gasteiger partial charge in [-0.15, -0.1) is 0 Å². The smallest absolute Gasteiger partial charge is 0.275 e. The van der Waals surface area contributed by atoms with Gasteiger partial charge >= 0.3 is 0 Å². The zero-order valence-electron chi connectivity index (χ0n) is 14.0. The van der Waals surface area contributed by atoms with Gasteiger partial charge in [0.25, 0.3) is 5.56 Å². The molecule has 4 aromatic rings. The van der Waals surface area contributed by atoms with Gasteiger partial charge in [0.2, 0.25) is 5.28 Å². The van der Waals surface area contributed by atoms with Gasteiger partial charge in [-0.25, -0.2) is 4.98 Å². The molecule has 122 valence electrons. The number of aromatic nitrogens is 4. The fraction of sp³-hybridized carbons (Fsp3) is 0.278. The molecule has 0 fully saturated rings. The van der Waals surface area contributed by atoms with Crippen LogP contribution in [-0.4, -0.2) is 18.9 Å². The minimum Gasteiger partial charge on any atom is -0.308 e. The van der Waals surface area contributed by atoms with Gasteiger partial charge in [0.05, 0.1) is 11.0 Å². The van der Waals surface area contributed by atoms with Gasteiger partial charge in [0.15, 0.2) is 0 Å². The van der Waals surface area contributed by atoms with Crippen LogP contribution < -0.4 is 5.56 Å². The number of hydrogen-bond acceptors (Lipinski definition) is 3. The van der Waals surface area contributed by atoms with E-state index in [0.717, 1.165) is 16.4 Å². The van der Waals surface area contributed by atoms with Crippen LogP contribution in [0.4, 0.5) is 0 Å². The van der Waals surface area contributed by atoms with Crippen LogP contribution in [0.3, 0.4) is 0 Å². The van der Waals surface area contributed by atoms with E-state index in [0.29, 0.717) is 11.2 Å². The zero-order valence-corrected chi connectivity index (χ0v) is 14.7. The van der Waals surface area contributed by atoms with Crippen molar-refractivity contribution in [2.75, 3.05) is 0 Å². The Kier molecular flexibility index (Phi) is 3.03. The van der Waals surface area contributed by atoms with E-state index >= 15 is 0 Å². The average Bonchev–Trinajstić information content (AvgIpc) is 2.90. The lowest BCUT2D eigenvalue weighted by molar-refractivity contribution is 0.590. The third kappa shape index (κ3) is 2.04. The molecule has 4 rings (SSSR count). The quantitative estimate of drug-likeness (QED) is 0.459. The molecule has 1 aromatic carbocycles. The van der Waals surface area contributed by atoms with E-state index in [1.54, 1.807) is 17.8 Å². The third-order valence-corrected chi connectivity index (χ3v) is 4.66. The van der Waals surface area contributed by atoms with Gasteiger partial charge in [-0.1, -0.05) is 26.8 Å². The standard InChI is InChI=1S/C18H17ClN4O/c1-18(2,3)11-5-6-12-13(8-11)22(4)16(24)14-7-10-9-20-17(19)21-15(10)23(12)14/h5-9H,1-4H3. The highest BCUT2D eigenvalue weighted by Crippen LogP contribution is 2.28. The van der Waals surface area contributed by atoms with E-state index in [2.05, 4.69) is 42.9 Å². The van der Waals surface area contributed by atoms with Crippen molar-refractivity contribution in [3.63, 3.8) is 0 Å². The predicted molar refractivity (Wildman–Crippen MR) is 97.0 cm³/mol. The molecular weight excluding hydrogens is 324 g/mol. The predicted octanol–water partition coefficient (Wildman–Crippen LogP) is 3.69. The molecule has 0 amide bonds. The lowest BCUT2D eigenvalue weighted by atomic mass is 9.87. The Morgan fingerprint density at radius 2 is 1.83 bits per heavy atom. The first-order chi connectivity index (χ1) is 11.3. The van der Waals surface area contributed by atoms with E-state index in [4.69, 9.17) is 11.6 Å². The number of nitrogens with zero attached hydrogens (tertiary/aromatic N) is 4. The van der Waals surface area contributed by atoms with E-state index in [9.17, 15) is 4.79 Å². The monoisotopic (exact) mass is 340 g/mol. The summed E-state index contributed by atoms with van der Waals surface area (Å²) in [6.07, 6.45) is 1.65. The Labute approximate surface area is 143 Å². The number of halogens is 1. The lowest BCUT2D eigenvalue weighted by Crippen LogP contribution is -2.20. The van der Waals surface area contributed by atoms with Gasteiger partial charge in [0, 0.05) is 18.6 Å². The summed E-state index contributed by atoms with van der Waals surface area (Å²) in [7, 11) is 1.80. The maximum Gasteiger partial charge on any atom is 0.275 e.